The summed E-state index contributed by atoms with van der Waals surface area (Å²) in [6.07, 6.45) is 2.14. The molecule has 1 aromatic carbocycles. The van der Waals surface area contributed by atoms with Crippen LogP contribution in [-0.2, 0) is 11.3 Å². The number of carbonyl (C=O) groups is 1. The molecule has 6 nitrogen and oxygen atoms in total. The van der Waals surface area contributed by atoms with E-state index in [1.54, 1.807) is 0 Å². The minimum atomic E-state index is -0.223. The van der Waals surface area contributed by atoms with E-state index in [1.807, 2.05) is 32.9 Å². The largest absolute Gasteiger partial charge is 0.342 e. The van der Waals surface area contributed by atoms with Gasteiger partial charge in [-0.1, -0.05) is 13.0 Å². The molecule has 1 amide bonds. The van der Waals surface area contributed by atoms with Gasteiger partial charge in [-0.2, -0.15) is 0 Å². The first-order valence-corrected chi connectivity index (χ1v) is 9.53. The number of nitrogens with one attached hydrogen (secondary N) is 1. The Kier molecular flexibility index (Phi) is 5.63. The summed E-state index contributed by atoms with van der Waals surface area (Å²) in [6.45, 7) is 9.72. The predicted octanol–water partition coefficient (Wildman–Crippen LogP) is 3.04. The summed E-state index contributed by atoms with van der Waals surface area (Å²) in [6, 6.07) is 7.39. The Bertz CT molecular complexity index is 875. The highest BCUT2D eigenvalue weighted by molar-refractivity contribution is 5.91. The number of anilines is 2. The lowest BCUT2D eigenvalue weighted by atomic mass is 10.00. The molecule has 0 bridgehead atoms. The number of rotatable bonds is 4. The maximum absolute atomic E-state index is 12.6. The van der Waals surface area contributed by atoms with Crippen LogP contribution < -0.4 is 15.8 Å². The molecule has 27 heavy (non-hydrogen) atoms. The van der Waals surface area contributed by atoms with Gasteiger partial charge in [-0.25, -0.2) is 4.98 Å². The fourth-order valence-corrected chi connectivity index (χ4v) is 3.60. The second kappa shape index (κ2) is 7.94. The quantitative estimate of drug-likeness (QED) is 0.901. The molecule has 0 radical (unpaired) electrons. The highest BCUT2D eigenvalue weighted by Gasteiger charge is 2.21. The van der Waals surface area contributed by atoms with Crippen LogP contribution in [0.4, 0.5) is 11.6 Å². The molecule has 0 unspecified atom stereocenters. The van der Waals surface area contributed by atoms with E-state index in [-0.39, 0.29) is 18.0 Å². The van der Waals surface area contributed by atoms with Gasteiger partial charge < -0.3 is 10.2 Å². The van der Waals surface area contributed by atoms with E-state index in [2.05, 4.69) is 28.2 Å². The Labute approximate surface area is 160 Å². The van der Waals surface area contributed by atoms with Gasteiger partial charge >= 0.3 is 0 Å². The number of aryl methyl sites for hydroxylation is 3. The van der Waals surface area contributed by atoms with Gasteiger partial charge in [0.1, 0.15) is 6.54 Å². The molecule has 3 rings (SSSR count). The van der Waals surface area contributed by atoms with E-state index in [4.69, 9.17) is 0 Å². The first-order chi connectivity index (χ1) is 12.8. The van der Waals surface area contributed by atoms with E-state index in [1.165, 1.54) is 10.6 Å². The number of carbonyl (C=O) groups excluding carboxylic acids is 1. The van der Waals surface area contributed by atoms with Gasteiger partial charge in [0.05, 0.1) is 0 Å². The van der Waals surface area contributed by atoms with Crippen molar-refractivity contribution < 1.29 is 4.79 Å². The van der Waals surface area contributed by atoms with E-state index >= 15 is 0 Å². The number of amides is 1. The number of nitrogens with zero attached hydrogens (tertiary/aromatic N) is 3. The summed E-state index contributed by atoms with van der Waals surface area (Å²) in [4.78, 5) is 31.9. The molecule has 2 aromatic rings. The minimum absolute atomic E-state index is 0.0412. The zero-order valence-corrected chi connectivity index (χ0v) is 16.6. The normalized spacial score (nSPS) is 15.0. The van der Waals surface area contributed by atoms with Crippen LogP contribution in [-0.4, -0.2) is 28.5 Å². The van der Waals surface area contributed by atoms with Crippen LogP contribution in [0.5, 0.6) is 0 Å². The van der Waals surface area contributed by atoms with Gasteiger partial charge in [-0.3, -0.25) is 14.2 Å². The van der Waals surface area contributed by atoms with Crippen LogP contribution in [0.15, 0.2) is 29.1 Å². The van der Waals surface area contributed by atoms with Crippen molar-refractivity contribution in [1.29, 1.82) is 0 Å². The average molecular weight is 368 g/mol. The SMILES string of the molecule is Cc1cc(C)cc(NC(=O)Cn2c(N3CCC(C)CC3)nc(C)cc2=O)c1. The first kappa shape index (κ1) is 19.1. The smallest absolute Gasteiger partial charge is 0.255 e. The molecule has 0 aliphatic carbocycles. The lowest BCUT2D eigenvalue weighted by molar-refractivity contribution is -0.116. The Morgan fingerprint density at radius 1 is 1.11 bits per heavy atom. The highest BCUT2D eigenvalue weighted by Crippen LogP contribution is 2.21. The fraction of sp³-hybridized carbons (Fsp3) is 0.476. The van der Waals surface area contributed by atoms with E-state index in [0.29, 0.717) is 17.6 Å². The zero-order chi connectivity index (χ0) is 19.6. The highest BCUT2D eigenvalue weighted by atomic mass is 16.2. The summed E-state index contributed by atoms with van der Waals surface area (Å²) < 4.78 is 1.49. The van der Waals surface area contributed by atoms with Gasteiger partial charge in [-0.15, -0.1) is 0 Å². The zero-order valence-electron chi connectivity index (χ0n) is 16.6. The molecular weight excluding hydrogens is 340 g/mol. The number of aromatic nitrogens is 2. The van der Waals surface area contributed by atoms with Crippen LogP contribution in [0.1, 0.15) is 36.6 Å². The number of benzene rings is 1. The molecule has 1 aliphatic heterocycles. The van der Waals surface area contributed by atoms with Crippen LogP contribution >= 0.6 is 0 Å². The van der Waals surface area contributed by atoms with Crippen molar-refractivity contribution in [2.45, 2.75) is 47.1 Å². The van der Waals surface area contributed by atoms with Crippen LogP contribution in [0, 0.1) is 26.7 Å². The van der Waals surface area contributed by atoms with Crippen molar-refractivity contribution in [1.82, 2.24) is 9.55 Å². The van der Waals surface area contributed by atoms with E-state index < -0.39 is 0 Å². The van der Waals surface area contributed by atoms with Gasteiger partial charge in [0.25, 0.3) is 5.56 Å². The van der Waals surface area contributed by atoms with Crippen molar-refractivity contribution in [3.05, 3.63) is 51.4 Å². The third kappa shape index (κ3) is 4.76. The molecule has 0 atom stereocenters. The molecule has 1 aromatic heterocycles. The molecule has 0 spiro atoms. The summed E-state index contributed by atoms with van der Waals surface area (Å²) >= 11 is 0. The second-order valence-electron chi connectivity index (χ2n) is 7.72. The molecule has 1 aliphatic rings. The van der Waals surface area contributed by atoms with Gasteiger partial charge in [0, 0.05) is 30.5 Å². The number of hydrogen-bond donors (Lipinski definition) is 1. The van der Waals surface area contributed by atoms with Gasteiger partial charge in [-0.05, 0) is 62.8 Å². The molecule has 2 heterocycles. The first-order valence-electron chi connectivity index (χ1n) is 9.53. The lowest BCUT2D eigenvalue weighted by Crippen LogP contribution is -2.39. The van der Waals surface area contributed by atoms with Crippen LogP contribution in [0.2, 0.25) is 0 Å². The van der Waals surface area contributed by atoms with Crippen molar-refractivity contribution in [2.24, 2.45) is 5.92 Å². The van der Waals surface area contributed by atoms with Crippen molar-refractivity contribution >= 4 is 17.5 Å². The Morgan fingerprint density at radius 2 is 1.74 bits per heavy atom. The van der Waals surface area contributed by atoms with E-state index in [9.17, 15) is 9.59 Å². The molecule has 6 heteroatoms. The second-order valence-corrected chi connectivity index (χ2v) is 7.72. The monoisotopic (exact) mass is 368 g/mol. The minimum Gasteiger partial charge on any atom is -0.342 e. The van der Waals surface area contributed by atoms with Gasteiger partial charge in [0.15, 0.2) is 0 Å². The Balaban J connectivity index is 1.83. The fourth-order valence-electron chi connectivity index (χ4n) is 3.60. The molecule has 144 valence electrons. The van der Waals surface area contributed by atoms with Crippen molar-refractivity contribution in [2.75, 3.05) is 23.3 Å². The topological polar surface area (TPSA) is 67.2 Å². The summed E-state index contributed by atoms with van der Waals surface area (Å²) in [5, 5.41) is 2.91. The van der Waals surface area contributed by atoms with Crippen molar-refractivity contribution in [3.8, 4) is 0 Å². The molecular formula is C21H28N4O2. The molecule has 1 fully saturated rings. The maximum Gasteiger partial charge on any atom is 0.255 e. The van der Waals surface area contributed by atoms with Crippen LogP contribution in [0.3, 0.4) is 0 Å². The molecule has 0 saturated carbocycles. The third-order valence-corrected chi connectivity index (χ3v) is 4.99. The summed E-state index contributed by atoms with van der Waals surface area (Å²) in [5.41, 5.74) is 3.41. The number of piperidine rings is 1. The number of hydrogen-bond acceptors (Lipinski definition) is 4. The van der Waals surface area contributed by atoms with Crippen LogP contribution in [0.25, 0.3) is 0 Å². The van der Waals surface area contributed by atoms with E-state index in [0.717, 1.165) is 42.7 Å². The molecule has 1 N–H and O–H groups in total. The predicted molar refractivity (Wildman–Crippen MR) is 108 cm³/mol. The Morgan fingerprint density at radius 3 is 2.37 bits per heavy atom. The summed E-state index contributed by atoms with van der Waals surface area (Å²) in [5.74, 6) is 1.06. The average Bonchev–Trinajstić information content (AvgIpc) is 2.57. The Hall–Kier alpha value is -2.63. The maximum atomic E-state index is 12.6. The standard InChI is InChI=1S/C21H28N4O2/c1-14-5-7-24(8-6-14)21-22-17(4)12-20(27)25(21)13-19(26)23-18-10-15(2)9-16(3)11-18/h9-12,14H,5-8,13H2,1-4H3,(H,23,26). The third-order valence-electron chi connectivity index (χ3n) is 4.99. The van der Waals surface area contributed by atoms with Crippen molar-refractivity contribution in [3.63, 3.8) is 0 Å². The summed E-state index contributed by atoms with van der Waals surface area (Å²) in [7, 11) is 0. The lowest BCUT2D eigenvalue weighted by Gasteiger charge is -2.32. The molecule has 1 saturated heterocycles. The van der Waals surface area contributed by atoms with Gasteiger partial charge in [0.2, 0.25) is 11.9 Å².